The molecule has 0 radical (unpaired) electrons. The third-order valence-corrected chi connectivity index (χ3v) is 12.4. The minimum Gasteiger partial charge on any atom is -0.462 e. The molecule has 0 saturated heterocycles. The van der Waals surface area contributed by atoms with Gasteiger partial charge < -0.3 is 14.2 Å². The molecule has 0 aromatic rings. The van der Waals surface area contributed by atoms with Crippen molar-refractivity contribution in [1.82, 2.24) is 0 Å². The van der Waals surface area contributed by atoms with Crippen molar-refractivity contribution >= 4 is 17.9 Å². The first kappa shape index (κ1) is 60.9. The number of carbonyl (C=O) groups excluding carboxylic acids is 3. The summed E-state index contributed by atoms with van der Waals surface area (Å²) in [6, 6.07) is 0. The molecule has 1 atom stereocenters. The lowest BCUT2D eigenvalue weighted by Gasteiger charge is -2.18. The second-order valence-electron chi connectivity index (χ2n) is 18.8. The van der Waals surface area contributed by atoms with Gasteiger partial charge in [-0.1, -0.05) is 238 Å². The van der Waals surface area contributed by atoms with Gasteiger partial charge in [0.05, 0.1) is 0 Å². The van der Waals surface area contributed by atoms with Gasteiger partial charge in [0.1, 0.15) is 13.2 Å². The Morgan fingerprint density at radius 2 is 0.524 bits per heavy atom. The quantitative estimate of drug-likeness (QED) is 0.0262. The topological polar surface area (TPSA) is 78.9 Å². The summed E-state index contributed by atoms with van der Waals surface area (Å²) in [7, 11) is 0. The van der Waals surface area contributed by atoms with Crippen LogP contribution in [0.5, 0.6) is 0 Å². The van der Waals surface area contributed by atoms with Crippen LogP contribution in [0.4, 0.5) is 0 Å². The number of ether oxygens (including phenoxy) is 3. The second kappa shape index (κ2) is 52.5. The zero-order chi connectivity index (χ0) is 45.8. The highest BCUT2D eigenvalue weighted by molar-refractivity contribution is 5.71. The summed E-state index contributed by atoms with van der Waals surface area (Å²) in [5.41, 5.74) is 0. The Bertz CT molecular complexity index is 1020. The van der Waals surface area contributed by atoms with E-state index in [0.29, 0.717) is 19.3 Å². The molecule has 0 amide bonds. The highest BCUT2D eigenvalue weighted by atomic mass is 16.6. The fourth-order valence-corrected chi connectivity index (χ4v) is 8.20. The highest BCUT2D eigenvalue weighted by Gasteiger charge is 2.19. The molecule has 0 unspecified atom stereocenters. The van der Waals surface area contributed by atoms with Crippen LogP contribution in [0.3, 0.4) is 0 Å². The van der Waals surface area contributed by atoms with E-state index in [0.717, 1.165) is 70.6 Å². The second-order valence-corrected chi connectivity index (χ2v) is 18.8. The maximum Gasteiger partial charge on any atom is 0.306 e. The first-order chi connectivity index (χ1) is 31.0. The van der Waals surface area contributed by atoms with E-state index in [9.17, 15) is 14.4 Å². The van der Waals surface area contributed by atoms with Crippen LogP contribution in [0.2, 0.25) is 0 Å². The van der Waals surface area contributed by atoms with Crippen LogP contribution in [-0.2, 0) is 28.6 Å². The van der Waals surface area contributed by atoms with E-state index in [4.69, 9.17) is 14.2 Å². The van der Waals surface area contributed by atoms with Crippen molar-refractivity contribution in [2.24, 2.45) is 0 Å². The predicted molar refractivity (Wildman–Crippen MR) is 270 cm³/mol. The van der Waals surface area contributed by atoms with Gasteiger partial charge in [-0.15, -0.1) is 0 Å². The largest absolute Gasteiger partial charge is 0.462 e. The van der Waals surface area contributed by atoms with Crippen molar-refractivity contribution in [3.8, 4) is 0 Å². The summed E-state index contributed by atoms with van der Waals surface area (Å²) in [5.74, 6) is -0.873. The lowest BCUT2D eigenvalue weighted by molar-refractivity contribution is -0.167. The number of allylic oxidation sites excluding steroid dienone is 4. The molecule has 63 heavy (non-hydrogen) atoms. The van der Waals surface area contributed by atoms with E-state index in [1.807, 2.05) is 0 Å². The summed E-state index contributed by atoms with van der Waals surface area (Å²) in [5, 5.41) is 0. The summed E-state index contributed by atoms with van der Waals surface area (Å²) in [4.78, 5) is 38.1. The minimum absolute atomic E-state index is 0.0730. The first-order valence-corrected chi connectivity index (χ1v) is 27.8. The Labute approximate surface area is 392 Å². The molecule has 0 bridgehead atoms. The third kappa shape index (κ3) is 50.7. The summed E-state index contributed by atoms with van der Waals surface area (Å²) >= 11 is 0. The Morgan fingerprint density at radius 1 is 0.302 bits per heavy atom. The molecule has 0 aliphatic heterocycles. The lowest BCUT2D eigenvalue weighted by Crippen LogP contribution is -2.30. The van der Waals surface area contributed by atoms with Crippen LogP contribution in [0.25, 0.3) is 0 Å². The number of unbranched alkanes of at least 4 members (excludes halogenated alkanes) is 36. The zero-order valence-corrected chi connectivity index (χ0v) is 42.4. The van der Waals surface area contributed by atoms with Gasteiger partial charge in [-0.05, 0) is 70.6 Å². The Balaban J connectivity index is 4.36. The molecule has 0 aromatic heterocycles. The van der Waals surface area contributed by atoms with Gasteiger partial charge in [-0.3, -0.25) is 14.4 Å². The van der Waals surface area contributed by atoms with Gasteiger partial charge in [0.25, 0.3) is 0 Å². The highest BCUT2D eigenvalue weighted by Crippen LogP contribution is 2.16. The molecule has 0 aliphatic rings. The van der Waals surface area contributed by atoms with Crippen molar-refractivity contribution in [1.29, 1.82) is 0 Å². The van der Waals surface area contributed by atoms with Crippen LogP contribution in [-0.4, -0.2) is 37.2 Å². The van der Waals surface area contributed by atoms with E-state index in [-0.39, 0.29) is 31.1 Å². The smallest absolute Gasteiger partial charge is 0.306 e. The van der Waals surface area contributed by atoms with Crippen LogP contribution in [0.15, 0.2) is 24.3 Å². The van der Waals surface area contributed by atoms with Gasteiger partial charge >= 0.3 is 17.9 Å². The fourth-order valence-electron chi connectivity index (χ4n) is 8.20. The summed E-state index contributed by atoms with van der Waals surface area (Å²) < 4.78 is 16.8. The molecule has 6 heteroatoms. The van der Waals surface area contributed by atoms with Crippen LogP contribution in [0.1, 0.15) is 303 Å². The van der Waals surface area contributed by atoms with Gasteiger partial charge in [0, 0.05) is 19.3 Å². The lowest BCUT2D eigenvalue weighted by atomic mass is 10.0. The van der Waals surface area contributed by atoms with E-state index >= 15 is 0 Å². The van der Waals surface area contributed by atoms with Gasteiger partial charge in [-0.2, -0.15) is 0 Å². The van der Waals surface area contributed by atoms with Gasteiger partial charge in [0.15, 0.2) is 6.10 Å². The van der Waals surface area contributed by atoms with Crippen molar-refractivity contribution in [2.75, 3.05) is 13.2 Å². The van der Waals surface area contributed by atoms with Crippen molar-refractivity contribution in [3.05, 3.63) is 24.3 Å². The summed E-state index contributed by atoms with van der Waals surface area (Å²) in [6.07, 6.45) is 60.2. The van der Waals surface area contributed by atoms with Crippen molar-refractivity contribution in [3.63, 3.8) is 0 Å². The average molecular weight is 887 g/mol. The molecular formula is C57H106O6. The Hall–Kier alpha value is -2.11. The maximum atomic E-state index is 12.8. The monoisotopic (exact) mass is 887 g/mol. The molecule has 0 heterocycles. The fraction of sp³-hybridized carbons (Fsp3) is 0.877. The molecular weight excluding hydrogens is 781 g/mol. The van der Waals surface area contributed by atoms with Crippen LogP contribution in [0, 0.1) is 0 Å². The molecule has 6 nitrogen and oxygen atoms in total. The SMILES string of the molecule is CCCCCCCC/C=C\CCCCCCCC(=O)OC[C@H](COC(=O)CCCCCCCCCCCCCCCCC)OC(=O)CCCCCCC/C=C\CCCCCCCC. The van der Waals surface area contributed by atoms with Gasteiger partial charge in [0.2, 0.25) is 0 Å². The molecule has 0 rings (SSSR count). The van der Waals surface area contributed by atoms with Gasteiger partial charge in [-0.25, -0.2) is 0 Å². The van der Waals surface area contributed by atoms with E-state index in [2.05, 4.69) is 45.1 Å². The van der Waals surface area contributed by atoms with E-state index in [1.165, 1.54) is 193 Å². The average Bonchev–Trinajstić information content (AvgIpc) is 3.28. The first-order valence-electron chi connectivity index (χ1n) is 27.8. The Morgan fingerprint density at radius 3 is 0.794 bits per heavy atom. The summed E-state index contributed by atoms with van der Waals surface area (Å²) in [6.45, 7) is 6.65. The van der Waals surface area contributed by atoms with Crippen LogP contribution >= 0.6 is 0 Å². The maximum absolute atomic E-state index is 12.8. The number of esters is 3. The number of hydrogen-bond donors (Lipinski definition) is 0. The number of rotatable bonds is 51. The van der Waals surface area contributed by atoms with E-state index in [1.54, 1.807) is 0 Å². The molecule has 0 aromatic carbocycles. The minimum atomic E-state index is -0.774. The van der Waals surface area contributed by atoms with Crippen molar-refractivity contribution < 1.29 is 28.6 Å². The zero-order valence-electron chi connectivity index (χ0n) is 42.4. The Kier molecular flexibility index (Phi) is 50.8. The standard InChI is InChI=1S/C57H106O6/c1-4-7-10-13-16-19-22-25-28-31-34-37-40-43-46-49-55(58)61-52-54(63-57(60)51-48-45-42-39-36-33-30-27-24-21-18-15-12-9-6-3)53-62-56(59)50-47-44-41-38-35-32-29-26-23-20-17-14-11-8-5-2/h25,27-28,30,54H,4-24,26,29,31-53H2,1-3H3/b28-25-,30-27-/t54-/m1/s1. The molecule has 0 saturated carbocycles. The third-order valence-electron chi connectivity index (χ3n) is 12.4. The number of carbonyl (C=O) groups is 3. The molecule has 0 fully saturated rings. The molecule has 0 aliphatic carbocycles. The van der Waals surface area contributed by atoms with E-state index < -0.39 is 6.10 Å². The molecule has 0 N–H and O–H groups in total. The normalized spacial score (nSPS) is 12.1. The molecule has 0 spiro atoms. The van der Waals surface area contributed by atoms with Crippen LogP contribution < -0.4 is 0 Å². The molecule has 370 valence electrons. The number of hydrogen-bond acceptors (Lipinski definition) is 6. The predicted octanol–water partition coefficient (Wildman–Crippen LogP) is 18.3. The van der Waals surface area contributed by atoms with Crippen molar-refractivity contribution in [2.45, 2.75) is 309 Å².